The lowest BCUT2D eigenvalue weighted by Crippen LogP contribution is -2.27. The van der Waals surface area contributed by atoms with E-state index in [2.05, 4.69) is 33.4 Å². The standard InChI is InChI=1S/C28H34N6O3/c1-28(2,3)37-24(35)11-13-33-16-19-8-9-21(14-20(19)17-33)31-26-25-23(10-12-30-27(25)36)34(32-26)22-7-5-4-6-18(22)15-29/h8-10,12,14,18,22H,4-7,11,13,16-17H2,1-3H3,(H,30,36)(H,31,32). The number of carbonyl (C=O) groups excluding carboxylic acids is 1. The van der Waals surface area contributed by atoms with Gasteiger partial charge < -0.3 is 15.0 Å². The monoisotopic (exact) mass is 502 g/mol. The van der Waals surface area contributed by atoms with Crippen molar-refractivity contribution in [2.45, 2.75) is 77.6 Å². The highest BCUT2D eigenvalue weighted by Crippen LogP contribution is 2.37. The Kier molecular flexibility index (Phi) is 6.78. The van der Waals surface area contributed by atoms with Gasteiger partial charge in [0.05, 0.1) is 30.0 Å². The van der Waals surface area contributed by atoms with E-state index in [0.29, 0.717) is 24.2 Å². The Morgan fingerprint density at radius 3 is 2.78 bits per heavy atom. The van der Waals surface area contributed by atoms with Crippen molar-refractivity contribution in [2.75, 3.05) is 11.9 Å². The van der Waals surface area contributed by atoms with Crippen molar-refractivity contribution in [3.8, 4) is 6.07 Å². The molecular formula is C28H34N6O3. The quantitative estimate of drug-likeness (QED) is 0.466. The Labute approximate surface area is 216 Å². The van der Waals surface area contributed by atoms with Crippen LogP contribution in [0.15, 0.2) is 35.3 Å². The van der Waals surface area contributed by atoms with Crippen LogP contribution in [0.25, 0.3) is 10.9 Å². The fraction of sp³-hybridized carbons (Fsp3) is 0.500. The minimum Gasteiger partial charge on any atom is -0.460 e. The van der Waals surface area contributed by atoms with E-state index in [1.165, 1.54) is 11.1 Å². The first-order valence-electron chi connectivity index (χ1n) is 13.0. The zero-order chi connectivity index (χ0) is 26.2. The molecule has 0 radical (unpaired) electrons. The van der Waals surface area contributed by atoms with Crippen molar-refractivity contribution in [1.82, 2.24) is 19.7 Å². The summed E-state index contributed by atoms with van der Waals surface area (Å²) in [5, 5.41) is 18.4. The van der Waals surface area contributed by atoms with Gasteiger partial charge in [0.25, 0.3) is 5.56 Å². The number of benzene rings is 1. The number of fused-ring (bicyclic) bond motifs is 2. The number of hydrogen-bond donors (Lipinski definition) is 2. The summed E-state index contributed by atoms with van der Waals surface area (Å²) in [7, 11) is 0. The summed E-state index contributed by atoms with van der Waals surface area (Å²) >= 11 is 0. The molecule has 1 fully saturated rings. The molecule has 9 heteroatoms. The predicted molar refractivity (Wildman–Crippen MR) is 141 cm³/mol. The highest BCUT2D eigenvalue weighted by atomic mass is 16.6. The van der Waals surface area contributed by atoms with Gasteiger partial charge in [0.1, 0.15) is 11.0 Å². The first-order valence-corrected chi connectivity index (χ1v) is 13.0. The molecule has 1 saturated carbocycles. The molecule has 3 heterocycles. The van der Waals surface area contributed by atoms with Crippen molar-refractivity contribution >= 4 is 28.4 Å². The van der Waals surface area contributed by atoms with Crippen LogP contribution in [0, 0.1) is 17.2 Å². The van der Waals surface area contributed by atoms with E-state index in [4.69, 9.17) is 9.84 Å². The number of esters is 1. The molecule has 2 unspecified atom stereocenters. The number of carbonyl (C=O) groups is 1. The van der Waals surface area contributed by atoms with Crippen molar-refractivity contribution in [1.29, 1.82) is 5.26 Å². The largest absolute Gasteiger partial charge is 0.460 e. The van der Waals surface area contributed by atoms with E-state index >= 15 is 0 Å². The van der Waals surface area contributed by atoms with Gasteiger partial charge in [-0.3, -0.25) is 19.2 Å². The topological polar surface area (TPSA) is 116 Å². The lowest BCUT2D eigenvalue weighted by molar-refractivity contribution is -0.155. The number of anilines is 2. The predicted octanol–water partition coefficient (Wildman–Crippen LogP) is 4.77. The molecule has 1 aliphatic heterocycles. The molecule has 0 spiro atoms. The fourth-order valence-corrected chi connectivity index (χ4v) is 5.47. The van der Waals surface area contributed by atoms with E-state index in [1.807, 2.05) is 37.6 Å². The van der Waals surface area contributed by atoms with Crippen LogP contribution in [0.2, 0.25) is 0 Å². The van der Waals surface area contributed by atoms with Crippen LogP contribution >= 0.6 is 0 Å². The van der Waals surface area contributed by atoms with Crippen molar-refractivity contribution in [3.05, 3.63) is 51.9 Å². The van der Waals surface area contributed by atoms with Gasteiger partial charge in [0, 0.05) is 31.5 Å². The first kappa shape index (κ1) is 25.0. The van der Waals surface area contributed by atoms with Crippen LogP contribution < -0.4 is 10.9 Å². The zero-order valence-electron chi connectivity index (χ0n) is 21.7. The van der Waals surface area contributed by atoms with Crippen molar-refractivity contribution < 1.29 is 9.53 Å². The first-order chi connectivity index (χ1) is 17.7. The number of rotatable bonds is 6. The number of aromatic amines is 1. The van der Waals surface area contributed by atoms with Gasteiger partial charge in [-0.2, -0.15) is 10.4 Å². The molecule has 0 amide bonds. The number of nitriles is 1. The molecule has 0 bridgehead atoms. The maximum Gasteiger partial charge on any atom is 0.307 e. The number of nitrogens with one attached hydrogen (secondary N) is 2. The van der Waals surface area contributed by atoms with E-state index in [0.717, 1.165) is 50.0 Å². The Hall–Kier alpha value is -3.64. The van der Waals surface area contributed by atoms with Gasteiger partial charge in [-0.25, -0.2) is 0 Å². The van der Waals surface area contributed by atoms with Gasteiger partial charge in [0.2, 0.25) is 0 Å². The Bertz CT molecular complexity index is 1410. The van der Waals surface area contributed by atoms with Crippen molar-refractivity contribution in [3.63, 3.8) is 0 Å². The van der Waals surface area contributed by atoms with Crippen LogP contribution in [-0.4, -0.2) is 37.8 Å². The maximum absolute atomic E-state index is 12.8. The minimum atomic E-state index is -0.475. The van der Waals surface area contributed by atoms with Gasteiger partial charge in [-0.1, -0.05) is 18.9 Å². The minimum absolute atomic E-state index is 0.0443. The summed E-state index contributed by atoms with van der Waals surface area (Å²) in [5.74, 6) is 0.199. The molecule has 194 valence electrons. The second kappa shape index (κ2) is 10.0. The Balaban J connectivity index is 1.34. The second-order valence-corrected chi connectivity index (χ2v) is 11.1. The van der Waals surface area contributed by atoms with Crippen LogP contribution in [0.1, 0.15) is 70.0 Å². The molecule has 3 aromatic rings. The maximum atomic E-state index is 12.8. The molecule has 2 aromatic heterocycles. The van der Waals surface area contributed by atoms with E-state index in [9.17, 15) is 14.9 Å². The van der Waals surface area contributed by atoms with Gasteiger partial charge in [-0.05, 0) is 62.9 Å². The summed E-state index contributed by atoms with van der Waals surface area (Å²) in [4.78, 5) is 29.9. The summed E-state index contributed by atoms with van der Waals surface area (Å²) in [6.07, 6.45) is 5.81. The molecular weight excluding hydrogens is 468 g/mol. The third-order valence-corrected chi connectivity index (χ3v) is 7.15. The highest BCUT2D eigenvalue weighted by Gasteiger charge is 2.30. The lowest BCUT2D eigenvalue weighted by Gasteiger charge is -2.27. The van der Waals surface area contributed by atoms with Crippen LogP contribution in [0.4, 0.5) is 11.5 Å². The van der Waals surface area contributed by atoms with Gasteiger partial charge in [0.15, 0.2) is 5.82 Å². The number of pyridine rings is 1. The van der Waals surface area contributed by atoms with Crippen molar-refractivity contribution in [2.24, 2.45) is 5.92 Å². The Morgan fingerprint density at radius 1 is 1.22 bits per heavy atom. The number of ether oxygens (including phenoxy) is 1. The number of hydrogen-bond acceptors (Lipinski definition) is 7. The van der Waals surface area contributed by atoms with Gasteiger partial charge in [-0.15, -0.1) is 0 Å². The van der Waals surface area contributed by atoms with Crippen LogP contribution in [0.3, 0.4) is 0 Å². The molecule has 9 nitrogen and oxygen atoms in total. The average Bonchev–Trinajstić information content (AvgIpc) is 3.43. The van der Waals surface area contributed by atoms with Crippen LogP contribution in [0.5, 0.6) is 0 Å². The summed E-state index contributed by atoms with van der Waals surface area (Å²) in [5.41, 5.74) is 3.32. The third-order valence-electron chi connectivity index (χ3n) is 7.15. The SMILES string of the molecule is CC(C)(C)OC(=O)CCN1Cc2ccc(Nc3nn(C4CCCCC4C#N)c4cc[nH]c(=O)c34)cc2C1. The molecule has 2 N–H and O–H groups in total. The molecule has 37 heavy (non-hydrogen) atoms. The molecule has 5 rings (SSSR count). The van der Waals surface area contributed by atoms with Gasteiger partial charge >= 0.3 is 5.97 Å². The summed E-state index contributed by atoms with van der Waals surface area (Å²) in [6.45, 7) is 7.80. The summed E-state index contributed by atoms with van der Waals surface area (Å²) in [6, 6.07) is 10.4. The second-order valence-electron chi connectivity index (χ2n) is 11.1. The van der Waals surface area contributed by atoms with E-state index in [1.54, 1.807) is 6.20 Å². The summed E-state index contributed by atoms with van der Waals surface area (Å²) < 4.78 is 7.31. The zero-order valence-corrected chi connectivity index (χ0v) is 21.7. The smallest absolute Gasteiger partial charge is 0.307 e. The van der Waals surface area contributed by atoms with E-state index in [-0.39, 0.29) is 23.5 Å². The number of aromatic nitrogens is 3. The molecule has 1 aliphatic carbocycles. The normalized spacial score (nSPS) is 19.9. The number of nitrogens with zero attached hydrogens (tertiary/aromatic N) is 4. The lowest BCUT2D eigenvalue weighted by atomic mass is 9.85. The molecule has 2 aliphatic rings. The molecule has 0 saturated heterocycles. The fourth-order valence-electron chi connectivity index (χ4n) is 5.47. The van der Waals surface area contributed by atoms with Crippen LogP contribution in [-0.2, 0) is 22.6 Å². The average molecular weight is 503 g/mol. The number of H-pyrrole nitrogens is 1. The Morgan fingerprint density at radius 2 is 2.00 bits per heavy atom. The third kappa shape index (κ3) is 5.39. The highest BCUT2D eigenvalue weighted by molar-refractivity contribution is 5.91. The molecule has 2 atom stereocenters. The van der Waals surface area contributed by atoms with E-state index < -0.39 is 5.60 Å². The molecule has 1 aromatic carbocycles.